The maximum atomic E-state index is 12.7. The molecule has 7 heteroatoms. The number of rotatable bonds is 8. The van der Waals surface area contributed by atoms with Crippen molar-refractivity contribution >= 4 is 11.9 Å². The van der Waals surface area contributed by atoms with Crippen molar-refractivity contribution in [3.05, 3.63) is 0 Å². The maximum Gasteiger partial charge on any atom is 0.230 e. The SMILES string of the molecule is CCNC(=NCC1(C(=O)N(C)C)CCCC1)NCCCN1CC(C)OC(C)C1. The molecule has 1 heterocycles. The molecule has 2 rings (SSSR count). The van der Waals surface area contributed by atoms with Crippen molar-refractivity contribution in [1.29, 1.82) is 0 Å². The third-order valence-electron chi connectivity index (χ3n) is 5.74. The monoisotopic (exact) mass is 395 g/mol. The molecule has 28 heavy (non-hydrogen) atoms. The van der Waals surface area contributed by atoms with E-state index in [1.165, 1.54) is 0 Å². The minimum Gasteiger partial charge on any atom is -0.373 e. The number of aliphatic imine (C=N–C) groups is 1. The summed E-state index contributed by atoms with van der Waals surface area (Å²) in [5.74, 6) is 1.05. The standard InChI is InChI=1S/C21H41N5O2/c1-6-22-20(23-12-9-13-26-14-17(2)28-18(3)15-26)24-16-21(10-7-8-11-21)19(27)25(4)5/h17-18H,6-16H2,1-5H3,(H2,22,23,24). The lowest BCUT2D eigenvalue weighted by Gasteiger charge is -2.35. The van der Waals surface area contributed by atoms with Gasteiger partial charge in [0.15, 0.2) is 5.96 Å². The zero-order valence-electron chi connectivity index (χ0n) is 18.6. The van der Waals surface area contributed by atoms with Crippen molar-refractivity contribution < 1.29 is 9.53 Å². The minimum absolute atomic E-state index is 0.222. The smallest absolute Gasteiger partial charge is 0.230 e. The molecule has 0 radical (unpaired) electrons. The summed E-state index contributed by atoms with van der Waals surface area (Å²) in [6, 6.07) is 0. The number of carbonyl (C=O) groups excluding carboxylic acids is 1. The molecule has 0 aromatic carbocycles. The van der Waals surface area contributed by atoms with Gasteiger partial charge in [0.05, 0.1) is 24.2 Å². The van der Waals surface area contributed by atoms with Crippen LogP contribution < -0.4 is 10.6 Å². The van der Waals surface area contributed by atoms with Crippen molar-refractivity contribution in [2.45, 2.75) is 65.1 Å². The van der Waals surface area contributed by atoms with Crippen LogP contribution in [-0.2, 0) is 9.53 Å². The fourth-order valence-electron chi connectivity index (χ4n) is 4.51. The van der Waals surface area contributed by atoms with E-state index < -0.39 is 0 Å². The minimum atomic E-state index is -0.314. The van der Waals surface area contributed by atoms with Gasteiger partial charge in [0.1, 0.15) is 0 Å². The van der Waals surface area contributed by atoms with Gasteiger partial charge in [-0.05, 0) is 40.0 Å². The van der Waals surface area contributed by atoms with Crippen molar-refractivity contribution in [3.63, 3.8) is 0 Å². The first-order valence-corrected chi connectivity index (χ1v) is 11.0. The van der Waals surface area contributed by atoms with Crippen LogP contribution in [0.25, 0.3) is 0 Å². The largest absolute Gasteiger partial charge is 0.373 e. The Labute approximate surface area is 171 Å². The molecule has 1 saturated heterocycles. The highest BCUT2D eigenvalue weighted by atomic mass is 16.5. The first-order valence-electron chi connectivity index (χ1n) is 11.0. The lowest BCUT2D eigenvalue weighted by atomic mass is 9.85. The van der Waals surface area contributed by atoms with Gasteiger partial charge in [-0.2, -0.15) is 0 Å². The summed E-state index contributed by atoms with van der Waals surface area (Å²) in [7, 11) is 3.70. The van der Waals surface area contributed by atoms with E-state index in [4.69, 9.17) is 9.73 Å². The summed E-state index contributed by atoms with van der Waals surface area (Å²) in [5.41, 5.74) is -0.314. The van der Waals surface area contributed by atoms with Crippen molar-refractivity contribution in [2.75, 3.05) is 53.4 Å². The van der Waals surface area contributed by atoms with Gasteiger partial charge in [-0.3, -0.25) is 14.7 Å². The summed E-state index contributed by atoms with van der Waals surface area (Å²) < 4.78 is 5.80. The summed E-state index contributed by atoms with van der Waals surface area (Å²) in [6.07, 6.45) is 5.82. The summed E-state index contributed by atoms with van der Waals surface area (Å²) in [5, 5.41) is 6.77. The number of nitrogens with zero attached hydrogens (tertiary/aromatic N) is 3. The Morgan fingerprint density at radius 2 is 1.82 bits per heavy atom. The van der Waals surface area contributed by atoms with Gasteiger partial charge in [0.2, 0.25) is 5.91 Å². The summed E-state index contributed by atoms with van der Waals surface area (Å²) >= 11 is 0. The van der Waals surface area contributed by atoms with Gasteiger partial charge in [-0.15, -0.1) is 0 Å². The number of morpholine rings is 1. The molecule has 1 aliphatic heterocycles. The van der Waals surface area contributed by atoms with E-state index >= 15 is 0 Å². The first-order chi connectivity index (χ1) is 13.4. The zero-order chi connectivity index (χ0) is 20.6. The van der Waals surface area contributed by atoms with E-state index in [9.17, 15) is 4.79 Å². The summed E-state index contributed by atoms with van der Waals surface area (Å²) in [4.78, 5) is 21.7. The molecule has 2 aliphatic rings. The van der Waals surface area contributed by atoms with Gasteiger partial charge >= 0.3 is 0 Å². The van der Waals surface area contributed by atoms with E-state index in [0.29, 0.717) is 18.8 Å². The Morgan fingerprint density at radius 1 is 1.18 bits per heavy atom. The molecular weight excluding hydrogens is 354 g/mol. The molecular formula is C21H41N5O2. The van der Waals surface area contributed by atoms with Crippen LogP contribution in [0.5, 0.6) is 0 Å². The molecule has 1 saturated carbocycles. The van der Waals surface area contributed by atoms with Crippen LogP contribution in [0.3, 0.4) is 0 Å². The number of ether oxygens (including phenoxy) is 1. The van der Waals surface area contributed by atoms with Gasteiger partial charge in [0, 0.05) is 46.8 Å². The van der Waals surface area contributed by atoms with Crippen molar-refractivity contribution in [2.24, 2.45) is 10.4 Å². The predicted octanol–water partition coefficient (Wildman–Crippen LogP) is 1.69. The zero-order valence-corrected chi connectivity index (χ0v) is 18.6. The third-order valence-corrected chi connectivity index (χ3v) is 5.74. The van der Waals surface area contributed by atoms with Crippen LogP contribution in [0.2, 0.25) is 0 Å². The molecule has 0 aromatic heterocycles. The van der Waals surface area contributed by atoms with Gasteiger partial charge in [-0.1, -0.05) is 12.8 Å². The second-order valence-corrected chi connectivity index (χ2v) is 8.68. The van der Waals surface area contributed by atoms with Gasteiger partial charge in [0.25, 0.3) is 0 Å². The highest BCUT2D eigenvalue weighted by Crippen LogP contribution is 2.39. The van der Waals surface area contributed by atoms with E-state index in [1.807, 2.05) is 14.1 Å². The molecule has 0 bridgehead atoms. The normalized spacial score (nSPS) is 25.5. The number of guanidine groups is 1. The Balaban J connectivity index is 1.83. The lowest BCUT2D eigenvalue weighted by molar-refractivity contribution is -0.138. The molecule has 0 spiro atoms. The van der Waals surface area contributed by atoms with Crippen LogP contribution >= 0.6 is 0 Å². The summed E-state index contributed by atoms with van der Waals surface area (Å²) in [6.45, 7) is 11.7. The number of nitrogens with one attached hydrogen (secondary N) is 2. The molecule has 0 aromatic rings. The van der Waals surface area contributed by atoms with E-state index in [1.54, 1.807) is 4.90 Å². The van der Waals surface area contributed by atoms with Crippen LogP contribution in [0.4, 0.5) is 0 Å². The van der Waals surface area contributed by atoms with E-state index in [2.05, 4.69) is 36.3 Å². The molecule has 2 unspecified atom stereocenters. The van der Waals surface area contributed by atoms with Crippen LogP contribution in [0, 0.1) is 5.41 Å². The molecule has 2 N–H and O–H groups in total. The topological polar surface area (TPSA) is 69.2 Å². The molecule has 1 aliphatic carbocycles. The van der Waals surface area contributed by atoms with E-state index in [-0.39, 0.29) is 11.3 Å². The molecule has 162 valence electrons. The van der Waals surface area contributed by atoms with Crippen LogP contribution in [0.15, 0.2) is 4.99 Å². The molecule has 2 fully saturated rings. The Kier molecular flexibility index (Phi) is 9.02. The molecule has 1 amide bonds. The number of amides is 1. The lowest BCUT2D eigenvalue weighted by Crippen LogP contribution is -2.46. The predicted molar refractivity (Wildman–Crippen MR) is 115 cm³/mol. The van der Waals surface area contributed by atoms with Crippen LogP contribution in [0.1, 0.15) is 52.9 Å². The Morgan fingerprint density at radius 3 is 2.39 bits per heavy atom. The average Bonchev–Trinajstić information content (AvgIpc) is 3.11. The van der Waals surface area contributed by atoms with E-state index in [0.717, 1.165) is 70.8 Å². The van der Waals surface area contributed by atoms with Crippen LogP contribution in [-0.4, -0.2) is 87.2 Å². The highest BCUT2D eigenvalue weighted by Gasteiger charge is 2.42. The number of carbonyl (C=O) groups is 1. The molecule has 2 atom stereocenters. The fraction of sp³-hybridized carbons (Fsp3) is 0.905. The van der Waals surface area contributed by atoms with Crippen molar-refractivity contribution in [1.82, 2.24) is 20.4 Å². The fourth-order valence-corrected chi connectivity index (χ4v) is 4.51. The third kappa shape index (κ3) is 6.62. The average molecular weight is 396 g/mol. The highest BCUT2D eigenvalue weighted by molar-refractivity contribution is 5.84. The Hall–Kier alpha value is -1.34. The van der Waals surface area contributed by atoms with Gasteiger partial charge in [-0.25, -0.2) is 0 Å². The number of hydrogen-bond acceptors (Lipinski definition) is 4. The quantitative estimate of drug-likeness (QED) is 0.372. The Bertz CT molecular complexity index is 507. The molecule has 7 nitrogen and oxygen atoms in total. The van der Waals surface area contributed by atoms with Gasteiger partial charge < -0.3 is 20.3 Å². The number of hydrogen-bond donors (Lipinski definition) is 2. The van der Waals surface area contributed by atoms with Crippen molar-refractivity contribution in [3.8, 4) is 0 Å². The first kappa shape index (κ1) is 22.9. The second-order valence-electron chi connectivity index (χ2n) is 8.68. The second kappa shape index (κ2) is 11.0. The maximum absolute atomic E-state index is 12.7.